The number of ether oxygens (including phenoxy) is 1. The highest BCUT2D eigenvalue weighted by molar-refractivity contribution is 14.0. The second-order valence-corrected chi connectivity index (χ2v) is 6.25. The number of guanidine groups is 1. The van der Waals surface area contributed by atoms with Crippen LogP contribution in [0.3, 0.4) is 0 Å². The molecule has 2 aromatic rings. The topological polar surface area (TPSA) is 62.9 Å². The van der Waals surface area contributed by atoms with E-state index in [1.807, 2.05) is 30.3 Å². The lowest BCUT2D eigenvalue weighted by atomic mass is 10.1. The van der Waals surface area contributed by atoms with E-state index in [0.717, 1.165) is 24.5 Å². The molecule has 0 saturated carbocycles. The molecule has 1 heterocycles. The summed E-state index contributed by atoms with van der Waals surface area (Å²) >= 11 is 0. The summed E-state index contributed by atoms with van der Waals surface area (Å²) in [5.41, 5.74) is 8.29. The molecule has 3 N–H and O–H groups in total. The Morgan fingerprint density at radius 2 is 1.77 bits per heavy atom. The third-order valence-corrected chi connectivity index (χ3v) is 4.56. The average molecular weight is 466 g/mol. The molecule has 6 heteroatoms. The Morgan fingerprint density at radius 3 is 2.38 bits per heavy atom. The number of hydrogen-bond acceptors (Lipinski definition) is 3. The standard InChI is InChI=1S/C20H26N4O.HI/c1-25-18-11-9-17(10-12-18)23-20(21)22-15-19(24-13-5-6-14-24)16-7-3-2-4-8-16;/h2-4,7-12,19H,5-6,13-15H2,1H3,(H3,21,22,23);1H. The van der Waals surface area contributed by atoms with Crippen molar-refractivity contribution in [2.24, 2.45) is 10.7 Å². The molecule has 3 rings (SSSR count). The van der Waals surface area contributed by atoms with Crippen molar-refractivity contribution in [2.75, 3.05) is 32.1 Å². The number of methoxy groups -OCH3 is 1. The monoisotopic (exact) mass is 466 g/mol. The highest BCUT2D eigenvalue weighted by atomic mass is 127. The molecule has 0 spiro atoms. The zero-order valence-electron chi connectivity index (χ0n) is 15.1. The number of anilines is 1. The lowest BCUT2D eigenvalue weighted by Crippen LogP contribution is -2.30. The van der Waals surface area contributed by atoms with Crippen LogP contribution >= 0.6 is 24.0 Å². The maximum Gasteiger partial charge on any atom is 0.193 e. The molecule has 0 radical (unpaired) electrons. The van der Waals surface area contributed by atoms with Crippen molar-refractivity contribution in [3.05, 3.63) is 60.2 Å². The van der Waals surface area contributed by atoms with E-state index in [1.54, 1.807) is 7.11 Å². The van der Waals surface area contributed by atoms with Gasteiger partial charge in [-0.15, -0.1) is 24.0 Å². The zero-order valence-corrected chi connectivity index (χ0v) is 17.4. The van der Waals surface area contributed by atoms with Crippen molar-refractivity contribution in [2.45, 2.75) is 18.9 Å². The van der Waals surface area contributed by atoms with Crippen LogP contribution in [0.25, 0.3) is 0 Å². The lowest BCUT2D eigenvalue weighted by Gasteiger charge is -2.26. The molecule has 0 bridgehead atoms. The molecule has 140 valence electrons. The number of halogens is 1. The summed E-state index contributed by atoms with van der Waals surface area (Å²) in [7, 11) is 1.65. The van der Waals surface area contributed by atoms with E-state index in [0.29, 0.717) is 12.5 Å². The second-order valence-electron chi connectivity index (χ2n) is 6.25. The number of rotatable bonds is 6. The van der Waals surface area contributed by atoms with E-state index in [2.05, 4.69) is 39.5 Å². The molecule has 0 aromatic heterocycles. The zero-order chi connectivity index (χ0) is 17.5. The van der Waals surface area contributed by atoms with Crippen LogP contribution in [0.4, 0.5) is 5.69 Å². The third kappa shape index (κ3) is 5.60. The van der Waals surface area contributed by atoms with E-state index in [-0.39, 0.29) is 30.0 Å². The predicted molar refractivity (Wildman–Crippen MR) is 119 cm³/mol. The average Bonchev–Trinajstić information content (AvgIpc) is 3.18. The van der Waals surface area contributed by atoms with Crippen molar-refractivity contribution in [1.82, 2.24) is 4.90 Å². The van der Waals surface area contributed by atoms with E-state index < -0.39 is 0 Å². The molecule has 1 unspecified atom stereocenters. The lowest BCUT2D eigenvalue weighted by molar-refractivity contribution is 0.252. The highest BCUT2D eigenvalue weighted by Crippen LogP contribution is 2.25. The molecule has 1 saturated heterocycles. The summed E-state index contributed by atoms with van der Waals surface area (Å²) in [5, 5.41) is 3.14. The first-order chi connectivity index (χ1) is 12.3. The van der Waals surface area contributed by atoms with Gasteiger partial charge in [-0.3, -0.25) is 9.89 Å². The Balaban J connectivity index is 0.00000243. The summed E-state index contributed by atoms with van der Waals surface area (Å²) in [6.07, 6.45) is 2.51. The molecular weight excluding hydrogens is 439 g/mol. The van der Waals surface area contributed by atoms with Crippen LogP contribution < -0.4 is 15.8 Å². The Morgan fingerprint density at radius 1 is 1.12 bits per heavy atom. The smallest absolute Gasteiger partial charge is 0.193 e. The van der Waals surface area contributed by atoms with Gasteiger partial charge in [0.05, 0.1) is 19.7 Å². The predicted octanol–water partition coefficient (Wildman–Crippen LogP) is 3.88. The maximum absolute atomic E-state index is 6.09. The van der Waals surface area contributed by atoms with Crippen molar-refractivity contribution >= 4 is 35.6 Å². The molecule has 1 atom stereocenters. The fourth-order valence-corrected chi connectivity index (χ4v) is 3.21. The molecule has 0 aliphatic carbocycles. The number of nitrogens with two attached hydrogens (primary N) is 1. The fraction of sp³-hybridized carbons (Fsp3) is 0.350. The summed E-state index contributed by atoms with van der Waals surface area (Å²) in [6, 6.07) is 18.5. The van der Waals surface area contributed by atoms with Crippen LogP contribution in [0.2, 0.25) is 0 Å². The Hall–Kier alpha value is -1.80. The number of hydrogen-bond donors (Lipinski definition) is 2. The van der Waals surface area contributed by atoms with Gasteiger partial charge in [0.25, 0.3) is 0 Å². The van der Waals surface area contributed by atoms with Crippen molar-refractivity contribution < 1.29 is 4.74 Å². The first-order valence-corrected chi connectivity index (χ1v) is 8.76. The summed E-state index contributed by atoms with van der Waals surface area (Å²) in [5.74, 6) is 1.25. The molecule has 5 nitrogen and oxygen atoms in total. The fourth-order valence-electron chi connectivity index (χ4n) is 3.21. The van der Waals surface area contributed by atoms with Crippen LogP contribution in [0.5, 0.6) is 5.75 Å². The van der Waals surface area contributed by atoms with Gasteiger partial charge in [0.1, 0.15) is 5.75 Å². The number of nitrogens with zero attached hydrogens (tertiary/aromatic N) is 2. The number of nitrogens with one attached hydrogen (secondary N) is 1. The summed E-state index contributed by atoms with van der Waals surface area (Å²) < 4.78 is 5.16. The van der Waals surface area contributed by atoms with Crippen LogP contribution in [0.15, 0.2) is 59.6 Å². The van der Waals surface area contributed by atoms with Gasteiger partial charge >= 0.3 is 0 Å². The Kier molecular flexibility index (Phi) is 8.18. The van der Waals surface area contributed by atoms with E-state index in [1.165, 1.54) is 18.4 Å². The quantitative estimate of drug-likeness (QED) is 0.386. The van der Waals surface area contributed by atoms with E-state index in [9.17, 15) is 0 Å². The number of aliphatic imine (C=N–C) groups is 1. The number of benzene rings is 2. The van der Waals surface area contributed by atoms with Crippen LogP contribution in [-0.2, 0) is 0 Å². The third-order valence-electron chi connectivity index (χ3n) is 4.56. The summed E-state index contributed by atoms with van der Waals surface area (Å²) in [4.78, 5) is 7.09. The van der Waals surface area contributed by atoms with Gasteiger partial charge in [-0.25, -0.2) is 0 Å². The van der Waals surface area contributed by atoms with Crippen molar-refractivity contribution in [3.8, 4) is 5.75 Å². The van der Waals surface area contributed by atoms with Gasteiger partial charge in [-0.1, -0.05) is 30.3 Å². The van der Waals surface area contributed by atoms with Gasteiger partial charge in [0.2, 0.25) is 0 Å². The minimum Gasteiger partial charge on any atom is -0.497 e. The molecular formula is C20H27IN4O. The molecule has 1 aliphatic rings. The first-order valence-electron chi connectivity index (χ1n) is 8.76. The van der Waals surface area contributed by atoms with Gasteiger partial charge < -0.3 is 15.8 Å². The van der Waals surface area contributed by atoms with Crippen LogP contribution in [0, 0.1) is 0 Å². The Labute approximate surface area is 172 Å². The van der Waals surface area contributed by atoms with Gasteiger partial charge in [0.15, 0.2) is 5.96 Å². The van der Waals surface area contributed by atoms with Crippen LogP contribution in [0.1, 0.15) is 24.4 Å². The molecule has 2 aromatic carbocycles. The van der Waals surface area contributed by atoms with Crippen molar-refractivity contribution in [3.63, 3.8) is 0 Å². The van der Waals surface area contributed by atoms with Crippen molar-refractivity contribution in [1.29, 1.82) is 0 Å². The van der Waals surface area contributed by atoms with Gasteiger partial charge in [-0.2, -0.15) is 0 Å². The summed E-state index contributed by atoms with van der Waals surface area (Å²) in [6.45, 7) is 2.90. The van der Waals surface area contributed by atoms with E-state index >= 15 is 0 Å². The second kappa shape index (κ2) is 10.4. The number of likely N-dealkylation sites (tertiary alicyclic amines) is 1. The van der Waals surface area contributed by atoms with Gasteiger partial charge in [0, 0.05) is 5.69 Å². The molecule has 0 amide bonds. The largest absolute Gasteiger partial charge is 0.497 e. The SMILES string of the molecule is COc1ccc(NC(N)=NCC(c2ccccc2)N2CCCC2)cc1.I. The highest BCUT2D eigenvalue weighted by Gasteiger charge is 2.23. The normalized spacial score (nSPS) is 16.0. The molecule has 1 fully saturated rings. The van der Waals surface area contributed by atoms with Crippen LogP contribution in [-0.4, -0.2) is 37.6 Å². The Bertz CT molecular complexity index is 685. The minimum absolute atomic E-state index is 0. The molecule has 1 aliphatic heterocycles. The molecule has 26 heavy (non-hydrogen) atoms. The minimum atomic E-state index is 0. The maximum atomic E-state index is 6.09. The van der Waals surface area contributed by atoms with Gasteiger partial charge in [-0.05, 0) is 55.8 Å². The van der Waals surface area contributed by atoms with E-state index in [4.69, 9.17) is 10.5 Å². The first kappa shape index (κ1) is 20.5.